The fourth-order valence-electron chi connectivity index (χ4n) is 2.68. The van der Waals surface area contributed by atoms with Gasteiger partial charge in [-0.15, -0.1) is 0 Å². The van der Waals surface area contributed by atoms with Crippen LogP contribution in [0.4, 0.5) is 0 Å². The molecule has 0 radical (unpaired) electrons. The van der Waals surface area contributed by atoms with E-state index in [-0.39, 0.29) is 5.56 Å². The highest BCUT2D eigenvalue weighted by atomic mass is 16.6. The number of carbonyl (C=O) groups is 4. The molecule has 2 aromatic rings. The molecule has 0 heterocycles. The van der Waals surface area contributed by atoms with Crippen molar-refractivity contribution < 1.29 is 39.2 Å². The van der Waals surface area contributed by atoms with Crippen molar-refractivity contribution in [3.8, 4) is 11.1 Å². The van der Waals surface area contributed by atoms with Crippen molar-refractivity contribution in [1.29, 1.82) is 0 Å². The molecule has 2 aromatic carbocycles. The van der Waals surface area contributed by atoms with Gasteiger partial charge in [-0.3, -0.25) is 0 Å². The summed E-state index contributed by atoms with van der Waals surface area (Å²) in [4.78, 5) is 48.0. The van der Waals surface area contributed by atoms with Crippen molar-refractivity contribution in [2.24, 2.45) is 0 Å². The largest absolute Gasteiger partial charge is 0.478 e. The zero-order chi connectivity index (χ0) is 21.2. The molecule has 2 rings (SSSR count). The first-order chi connectivity index (χ1) is 12.9. The van der Waals surface area contributed by atoms with Gasteiger partial charge in [0.25, 0.3) is 0 Å². The second kappa shape index (κ2) is 7.51. The van der Waals surface area contributed by atoms with Crippen LogP contribution in [0, 0.1) is 0 Å². The highest BCUT2D eigenvalue weighted by Crippen LogP contribution is 2.33. The Bertz CT molecular complexity index is 968. The van der Waals surface area contributed by atoms with Gasteiger partial charge >= 0.3 is 23.9 Å². The zero-order valence-electron chi connectivity index (χ0n) is 15.3. The quantitative estimate of drug-likeness (QED) is 0.665. The van der Waals surface area contributed by atoms with Crippen molar-refractivity contribution in [3.05, 3.63) is 58.7 Å². The van der Waals surface area contributed by atoms with Gasteiger partial charge in [-0.1, -0.05) is 30.3 Å². The Morgan fingerprint density at radius 3 is 1.71 bits per heavy atom. The van der Waals surface area contributed by atoms with Crippen LogP contribution in [0.2, 0.25) is 0 Å². The van der Waals surface area contributed by atoms with Crippen molar-refractivity contribution in [3.63, 3.8) is 0 Å². The summed E-state index contributed by atoms with van der Waals surface area (Å²) in [5.41, 5.74) is -3.94. The summed E-state index contributed by atoms with van der Waals surface area (Å²) in [5, 5.41) is 28.7. The SMILES string of the molecule is CC(C)(C)OC(=O)c1cc(-c2ccccc2)c(C(=O)O)c(C(=O)O)c1C(=O)O. The van der Waals surface area contributed by atoms with E-state index in [1.807, 2.05) is 0 Å². The molecule has 0 aromatic heterocycles. The minimum Gasteiger partial charge on any atom is -0.478 e. The fraction of sp³-hybridized carbons (Fsp3) is 0.200. The first kappa shape index (κ1) is 20.6. The Hall–Kier alpha value is -3.68. The van der Waals surface area contributed by atoms with E-state index in [2.05, 4.69) is 0 Å². The Morgan fingerprint density at radius 1 is 0.786 bits per heavy atom. The lowest BCUT2D eigenvalue weighted by atomic mass is 9.88. The maximum Gasteiger partial charge on any atom is 0.339 e. The highest BCUT2D eigenvalue weighted by molar-refractivity contribution is 6.17. The fourth-order valence-corrected chi connectivity index (χ4v) is 2.68. The van der Waals surface area contributed by atoms with Crippen LogP contribution < -0.4 is 0 Å². The number of aromatic carboxylic acids is 3. The van der Waals surface area contributed by atoms with Crippen LogP contribution >= 0.6 is 0 Å². The average molecular weight is 386 g/mol. The van der Waals surface area contributed by atoms with Gasteiger partial charge < -0.3 is 20.1 Å². The Balaban J connectivity index is 2.98. The third kappa shape index (κ3) is 4.17. The Morgan fingerprint density at radius 2 is 1.29 bits per heavy atom. The topological polar surface area (TPSA) is 138 Å². The summed E-state index contributed by atoms with van der Waals surface area (Å²) in [7, 11) is 0. The number of carbonyl (C=O) groups excluding carboxylic acids is 1. The maximum absolute atomic E-state index is 12.6. The number of hydrogen-bond donors (Lipinski definition) is 3. The molecule has 146 valence electrons. The van der Waals surface area contributed by atoms with Crippen LogP contribution in [-0.4, -0.2) is 44.8 Å². The molecule has 0 saturated heterocycles. The third-order valence-corrected chi connectivity index (χ3v) is 3.67. The molecule has 0 amide bonds. The predicted molar refractivity (Wildman–Crippen MR) is 97.9 cm³/mol. The summed E-state index contributed by atoms with van der Waals surface area (Å²) in [6.07, 6.45) is 0. The van der Waals surface area contributed by atoms with E-state index in [4.69, 9.17) is 4.74 Å². The van der Waals surface area contributed by atoms with E-state index < -0.39 is 51.7 Å². The van der Waals surface area contributed by atoms with Crippen LogP contribution in [0.3, 0.4) is 0 Å². The Kier molecular flexibility index (Phi) is 5.54. The molecule has 0 spiro atoms. The van der Waals surface area contributed by atoms with Gasteiger partial charge in [-0.05, 0) is 38.0 Å². The molecule has 28 heavy (non-hydrogen) atoms. The molecule has 0 bridgehead atoms. The first-order valence-electron chi connectivity index (χ1n) is 8.13. The standard InChI is InChI=1S/C20H18O8/c1-20(2,3)28-19(27)12-9-11(10-7-5-4-6-8-10)13(16(21)22)15(18(25)26)14(12)17(23)24/h4-9H,1-3H3,(H,21,22)(H,23,24)(H,25,26). The zero-order valence-corrected chi connectivity index (χ0v) is 15.3. The molecule has 3 N–H and O–H groups in total. The molecule has 0 unspecified atom stereocenters. The van der Waals surface area contributed by atoms with Gasteiger partial charge in [0.1, 0.15) is 5.60 Å². The van der Waals surface area contributed by atoms with E-state index in [0.29, 0.717) is 5.56 Å². The molecule has 0 fully saturated rings. The molecule has 0 saturated carbocycles. The lowest BCUT2D eigenvalue weighted by molar-refractivity contribution is 0.00654. The van der Waals surface area contributed by atoms with E-state index >= 15 is 0 Å². The minimum absolute atomic E-state index is 0.101. The number of carboxylic acids is 3. The molecule has 0 aliphatic heterocycles. The summed E-state index contributed by atoms with van der Waals surface area (Å²) < 4.78 is 5.20. The van der Waals surface area contributed by atoms with Gasteiger partial charge in [0.05, 0.1) is 22.3 Å². The minimum atomic E-state index is -1.78. The van der Waals surface area contributed by atoms with Crippen molar-refractivity contribution in [2.75, 3.05) is 0 Å². The molecule has 0 aliphatic rings. The lowest BCUT2D eigenvalue weighted by Gasteiger charge is -2.22. The molecule has 0 aliphatic carbocycles. The van der Waals surface area contributed by atoms with Gasteiger partial charge in [-0.2, -0.15) is 0 Å². The van der Waals surface area contributed by atoms with Crippen LogP contribution in [-0.2, 0) is 4.74 Å². The van der Waals surface area contributed by atoms with Crippen molar-refractivity contribution >= 4 is 23.9 Å². The van der Waals surface area contributed by atoms with E-state index in [0.717, 1.165) is 6.07 Å². The summed E-state index contributed by atoms with van der Waals surface area (Å²) in [5.74, 6) is -6.23. The third-order valence-electron chi connectivity index (χ3n) is 3.67. The van der Waals surface area contributed by atoms with Crippen molar-refractivity contribution in [2.45, 2.75) is 26.4 Å². The van der Waals surface area contributed by atoms with Crippen LogP contribution in [0.5, 0.6) is 0 Å². The van der Waals surface area contributed by atoms with Crippen LogP contribution in [0.15, 0.2) is 36.4 Å². The number of carboxylic acid groups (broad SMARTS) is 3. The first-order valence-corrected chi connectivity index (χ1v) is 8.13. The predicted octanol–water partition coefficient (Wildman–Crippen LogP) is 3.40. The normalized spacial score (nSPS) is 11.0. The molecule has 8 heteroatoms. The van der Waals surface area contributed by atoms with Crippen molar-refractivity contribution in [1.82, 2.24) is 0 Å². The lowest BCUT2D eigenvalue weighted by Crippen LogP contribution is -2.27. The van der Waals surface area contributed by atoms with Crippen LogP contribution in [0.25, 0.3) is 11.1 Å². The Labute approximate surface area is 160 Å². The molecule has 8 nitrogen and oxygen atoms in total. The summed E-state index contributed by atoms with van der Waals surface area (Å²) >= 11 is 0. The van der Waals surface area contributed by atoms with Gasteiger partial charge in [0.2, 0.25) is 0 Å². The molecule has 0 atom stereocenters. The number of benzene rings is 2. The average Bonchev–Trinajstić information content (AvgIpc) is 2.58. The van der Waals surface area contributed by atoms with Gasteiger partial charge in [0.15, 0.2) is 0 Å². The summed E-state index contributed by atoms with van der Waals surface area (Å²) in [6.45, 7) is 4.69. The number of esters is 1. The number of hydrogen-bond acceptors (Lipinski definition) is 5. The number of ether oxygens (including phenoxy) is 1. The van der Waals surface area contributed by atoms with E-state index in [9.17, 15) is 34.5 Å². The number of rotatable bonds is 5. The second-order valence-corrected chi connectivity index (χ2v) is 6.88. The smallest absolute Gasteiger partial charge is 0.339 e. The maximum atomic E-state index is 12.6. The monoisotopic (exact) mass is 386 g/mol. The molecular formula is C20H18O8. The van der Waals surface area contributed by atoms with Crippen LogP contribution in [0.1, 0.15) is 62.2 Å². The highest BCUT2D eigenvalue weighted by Gasteiger charge is 2.34. The molecular weight excluding hydrogens is 368 g/mol. The van der Waals surface area contributed by atoms with E-state index in [1.54, 1.807) is 39.0 Å². The second-order valence-electron chi connectivity index (χ2n) is 6.88. The van der Waals surface area contributed by atoms with Gasteiger partial charge in [0, 0.05) is 0 Å². The van der Waals surface area contributed by atoms with Gasteiger partial charge in [-0.25, -0.2) is 19.2 Å². The summed E-state index contributed by atoms with van der Waals surface area (Å²) in [6, 6.07) is 8.95. The van der Waals surface area contributed by atoms with E-state index in [1.165, 1.54) is 12.1 Å².